The summed E-state index contributed by atoms with van der Waals surface area (Å²) < 4.78 is 29.1. The average Bonchev–Trinajstić information content (AvgIpc) is 3.79. The van der Waals surface area contributed by atoms with E-state index in [0.717, 1.165) is 11.1 Å². The van der Waals surface area contributed by atoms with Crippen molar-refractivity contribution in [2.75, 3.05) is 45.2 Å². The van der Waals surface area contributed by atoms with Crippen molar-refractivity contribution in [3.8, 4) is 5.75 Å². The van der Waals surface area contributed by atoms with Crippen molar-refractivity contribution in [2.45, 2.75) is 88.7 Å². The Balaban J connectivity index is 1.76. The van der Waals surface area contributed by atoms with Crippen LogP contribution < -0.4 is 15.0 Å². The van der Waals surface area contributed by atoms with Gasteiger partial charge in [0.05, 0.1) is 31.1 Å². The fourth-order valence-corrected chi connectivity index (χ4v) is 7.82. The zero-order valence-electron chi connectivity index (χ0n) is 30.4. The lowest BCUT2D eigenvalue weighted by Gasteiger charge is -2.42. The van der Waals surface area contributed by atoms with Crippen LogP contribution in [-0.4, -0.2) is 116 Å². The molecule has 1 aromatic carbocycles. The maximum Gasteiger partial charge on any atom is 0.409 e. The van der Waals surface area contributed by atoms with Gasteiger partial charge in [0.25, 0.3) is 0 Å². The van der Waals surface area contributed by atoms with E-state index in [4.69, 9.17) is 35.3 Å². The number of rotatable bonds is 8. The van der Waals surface area contributed by atoms with Crippen LogP contribution in [0.5, 0.6) is 5.75 Å². The van der Waals surface area contributed by atoms with Crippen molar-refractivity contribution in [3.63, 3.8) is 0 Å². The zero-order valence-corrected chi connectivity index (χ0v) is 32.8. The molecule has 4 rings (SSSR count). The van der Waals surface area contributed by atoms with Gasteiger partial charge < -0.3 is 38.6 Å². The van der Waals surface area contributed by atoms with E-state index in [9.17, 15) is 24.3 Å². The monoisotopic (exact) mass is 769 g/mol. The molecule has 2 N–H and O–H groups in total. The van der Waals surface area contributed by atoms with Gasteiger partial charge in [-0.15, -0.1) is 0 Å². The first-order valence-electron chi connectivity index (χ1n) is 16.5. The number of carbonyl (C=O) groups excluding carboxylic acids is 4. The number of fused-ring (bicyclic) bond motifs is 5. The van der Waals surface area contributed by atoms with Gasteiger partial charge in [-0.2, -0.15) is 0 Å². The molecule has 0 aromatic heterocycles. The van der Waals surface area contributed by atoms with E-state index in [2.05, 4.69) is 5.32 Å². The molecular weight excluding hydrogens is 722 g/mol. The molecule has 0 saturated carbocycles. The zero-order chi connectivity index (χ0) is 37.8. The third-order valence-corrected chi connectivity index (χ3v) is 11.9. The minimum absolute atomic E-state index is 0.0460. The van der Waals surface area contributed by atoms with Crippen LogP contribution in [0.1, 0.15) is 46.1 Å². The number of hydrogen-bond donors (Lipinski definition) is 2. The van der Waals surface area contributed by atoms with Crippen LogP contribution in [0.15, 0.2) is 35.9 Å². The van der Waals surface area contributed by atoms with Crippen molar-refractivity contribution < 1.29 is 48.0 Å². The van der Waals surface area contributed by atoms with E-state index in [1.807, 2.05) is 19.3 Å². The fraction of sp³-hybridized carbons (Fsp3) is 0.600. The molecule has 13 nitrogen and oxygen atoms in total. The first kappa shape index (κ1) is 40.8. The Morgan fingerprint density at radius 1 is 1.27 bits per heavy atom. The number of anilines is 1. The molecule has 282 valence electrons. The number of halogens is 1. The molecule has 16 heteroatoms. The standard InChI is InChI=1S/C35H48ClN3O10S2/c1-19-11-10-12-26(46-8)35(44)17-25(47-33(43)37-35)20(2)31-34(4,49-31)27(48-32(42)21(3)38(5)29(41)18-51-50-9)16-28(40)39(6)23-14-22(13-19)15-24(45-7)30(23)36/h10-12,14-15,20-21,25-27,31,44H,13,16-18H2,1-9H3,(H,37,43)/b12-10+,19-11-/t20-,21+,25+,26-,27+,31+,34+,35+/m1/s1. The van der Waals surface area contributed by atoms with Crippen LogP contribution in [-0.2, 0) is 39.8 Å². The van der Waals surface area contributed by atoms with E-state index in [1.165, 1.54) is 52.7 Å². The van der Waals surface area contributed by atoms with E-state index in [-0.39, 0.29) is 29.5 Å². The number of allylic oxidation sites excluding steroid dienone is 3. The summed E-state index contributed by atoms with van der Waals surface area (Å²) in [5.41, 5.74) is -0.888. The Kier molecular flexibility index (Phi) is 13.5. The number of nitrogens with zero attached hydrogens (tertiary/aromatic N) is 2. The second kappa shape index (κ2) is 16.8. The number of amides is 3. The quantitative estimate of drug-likeness (QED) is 0.217. The molecule has 0 spiro atoms. The number of benzene rings is 1. The summed E-state index contributed by atoms with van der Waals surface area (Å²) in [4.78, 5) is 55.9. The van der Waals surface area contributed by atoms with Crippen molar-refractivity contribution in [3.05, 3.63) is 46.5 Å². The van der Waals surface area contributed by atoms with Gasteiger partial charge in [0.1, 0.15) is 40.7 Å². The van der Waals surface area contributed by atoms with Gasteiger partial charge in [0.2, 0.25) is 11.8 Å². The number of methoxy groups -OCH3 is 2. The molecule has 2 saturated heterocycles. The number of likely N-dealkylation sites (N-methyl/N-ethyl adjacent to an activating group) is 1. The molecule has 0 radical (unpaired) electrons. The molecule has 8 atom stereocenters. The number of nitrogens with one attached hydrogen (secondary N) is 1. The lowest BCUT2D eigenvalue weighted by molar-refractivity contribution is -0.161. The second-order valence-electron chi connectivity index (χ2n) is 13.3. The average molecular weight is 770 g/mol. The summed E-state index contributed by atoms with van der Waals surface area (Å²) in [7, 11) is 8.82. The van der Waals surface area contributed by atoms with Crippen molar-refractivity contribution in [2.24, 2.45) is 5.92 Å². The molecule has 0 unspecified atom stereocenters. The summed E-state index contributed by atoms with van der Waals surface area (Å²) >= 11 is 6.74. The molecule has 3 heterocycles. The van der Waals surface area contributed by atoms with Crippen molar-refractivity contribution in [1.29, 1.82) is 0 Å². The summed E-state index contributed by atoms with van der Waals surface area (Å²) in [6.45, 7) is 7.00. The van der Waals surface area contributed by atoms with Gasteiger partial charge in [0, 0.05) is 33.5 Å². The van der Waals surface area contributed by atoms with E-state index in [0.29, 0.717) is 17.9 Å². The van der Waals surface area contributed by atoms with Crippen molar-refractivity contribution in [1.82, 2.24) is 10.2 Å². The van der Waals surface area contributed by atoms with Gasteiger partial charge in [0.15, 0.2) is 5.72 Å². The molecular formula is C35H48ClN3O10S2. The Labute approximate surface area is 312 Å². The third kappa shape index (κ3) is 9.17. The van der Waals surface area contributed by atoms with Gasteiger partial charge in [-0.3, -0.25) is 14.9 Å². The van der Waals surface area contributed by atoms with Crippen molar-refractivity contribution >= 4 is 62.8 Å². The number of carbonyl (C=O) groups is 4. The Hall–Kier alpha value is -2.95. The van der Waals surface area contributed by atoms with Crippen LogP contribution >= 0.6 is 33.2 Å². The number of ether oxygens (including phenoxy) is 5. The molecule has 2 fully saturated rings. The second-order valence-corrected chi connectivity index (χ2v) is 16.3. The highest BCUT2D eigenvalue weighted by molar-refractivity contribution is 8.76. The molecule has 4 bridgehead atoms. The molecule has 3 aliphatic heterocycles. The lowest BCUT2D eigenvalue weighted by Crippen LogP contribution is -2.63. The maximum absolute atomic E-state index is 14.1. The lowest BCUT2D eigenvalue weighted by atomic mass is 9.83. The summed E-state index contributed by atoms with van der Waals surface area (Å²) in [5, 5.41) is 14.4. The molecule has 1 aromatic rings. The molecule has 51 heavy (non-hydrogen) atoms. The van der Waals surface area contributed by atoms with Crippen LogP contribution in [0.4, 0.5) is 10.5 Å². The first-order valence-corrected chi connectivity index (χ1v) is 19.6. The normalized spacial score (nSPS) is 31.9. The number of aliphatic hydroxyl groups is 1. The first-order chi connectivity index (χ1) is 24.0. The highest BCUT2D eigenvalue weighted by atomic mass is 35.5. The fourth-order valence-electron chi connectivity index (χ4n) is 6.43. The SMILES string of the molecule is COc1cc2cc(c1Cl)N(C)C(=O)C[C@H](OC(=O)[C@H](C)N(C)C(=O)CSSC)[C@]1(C)O[C@H]1[C@H](C)[C@@H]1C[C@@](O)(NC(=O)O1)[C@H](OC)/C=C/C=C(/C)C2. The molecule has 3 amide bonds. The minimum atomic E-state index is -1.82. The molecule has 0 aliphatic carbocycles. The van der Waals surface area contributed by atoms with Gasteiger partial charge >= 0.3 is 12.1 Å². The highest BCUT2D eigenvalue weighted by Gasteiger charge is 2.64. The largest absolute Gasteiger partial charge is 0.495 e. The van der Waals surface area contributed by atoms with Crippen LogP contribution in [0.2, 0.25) is 5.02 Å². The van der Waals surface area contributed by atoms with Gasteiger partial charge in [-0.25, -0.2) is 9.59 Å². The smallest absolute Gasteiger partial charge is 0.409 e. The predicted octanol–water partition coefficient (Wildman–Crippen LogP) is 4.53. The number of alkyl carbamates (subject to hydrolysis) is 1. The van der Waals surface area contributed by atoms with Crippen LogP contribution in [0, 0.1) is 5.92 Å². The summed E-state index contributed by atoms with van der Waals surface area (Å²) in [5.74, 6) is -1.38. The summed E-state index contributed by atoms with van der Waals surface area (Å²) in [6, 6.07) is 2.62. The predicted molar refractivity (Wildman–Crippen MR) is 197 cm³/mol. The number of hydrogen-bond acceptors (Lipinski definition) is 12. The Bertz CT molecular complexity index is 1560. The number of epoxide rings is 1. The Morgan fingerprint density at radius 3 is 2.63 bits per heavy atom. The number of esters is 1. The van der Waals surface area contributed by atoms with Gasteiger partial charge in [-0.05, 0) is 51.1 Å². The van der Waals surface area contributed by atoms with Crippen LogP contribution in [0.3, 0.4) is 0 Å². The van der Waals surface area contributed by atoms with Gasteiger partial charge in [-0.1, -0.05) is 63.9 Å². The maximum atomic E-state index is 14.1. The topological polar surface area (TPSA) is 156 Å². The van der Waals surface area contributed by atoms with E-state index >= 15 is 0 Å². The Morgan fingerprint density at radius 2 is 1.98 bits per heavy atom. The highest BCUT2D eigenvalue weighted by Crippen LogP contribution is 2.49. The molecule has 3 aliphatic rings. The summed E-state index contributed by atoms with van der Waals surface area (Å²) in [6.07, 6.45) is 2.85. The minimum Gasteiger partial charge on any atom is -0.495 e. The van der Waals surface area contributed by atoms with E-state index < -0.39 is 65.7 Å². The van der Waals surface area contributed by atoms with E-state index in [1.54, 1.807) is 52.1 Å². The third-order valence-electron chi connectivity index (χ3n) is 9.82. The van der Waals surface area contributed by atoms with Crippen LogP contribution in [0.25, 0.3) is 0 Å².